The minimum Gasteiger partial charge on any atom is -0.452 e. The fourth-order valence-electron chi connectivity index (χ4n) is 4.90. The number of ether oxygens (including phenoxy) is 1. The molecule has 1 saturated heterocycles. The molecule has 1 aliphatic heterocycles. The average Bonchev–Trinajstić information content (AvgIpc) is 3.59. The fourth-order valence-corrected chi connectivity index (χ4v) is 4.90. The Balaban J connectivity index is 0.00000116. The molecule has 0 spiro atoms. The SMILES string of the molecule is C=C/C(CN1CC(c2ccc(OC(F)F)c3oc4ccccc4c23)CC1=O)=C(F)\C=C(/C)c1cccnc1.CC.CC. The first kappa shape index (κ1) is 32.2. The first-order valence-corrected chi connectivity index (χ1v) is 14.1. The van der Waals surface area contributed by atoms with E-state index in [2.05, 4.69) is 11.6 Å². The number of furan rings is 1. The molecular formula is C34H37F3N2O3. The first-order chi connectivity index (χ1) is 20.4. The van der Waals surface area contributed by atoms with Crippen LogP contribution in [0.5, 0.6) is 5.75 Å². The lowest BCUT2D eigenvalue weighted by atomic mass is 9.93. The number of hydrogen-bond donors (Lipinski definition) is 0. The molecule has 0 saturated carbocycles. The van der Waals surface area contributed by atoms with E-state index in [1.165, 1.54) is 18.2 Å². The minimum absolute atomic E-state index is 0.0589. The van der Waals surface area contributed by atoms with Crippen molar-refractivity contribution in [2.24, 2.45) is 0 Å². The predicted octanol–water partition coefficient (Wildman–Crippen LogP) is 9.46. The molecule has 1 atom stereocenters. The molecule has 222 valence electrons. The van der Waals surface area contributed by atoms with Gasteiger partial charge in [-0.25, -0.2) is 4.39 Å². The number of nitrogens with zero attached hydrogens (tertiary/aromatic N) is 2. The largest absolute Gasteiger partial charge is 0.452 e. The van der Waals surface area contributed by atoms with Gasteiger partial charge in [-0.05, 0) is 47.9 Å². The van der Waals surface area contributed by atoms with Crippen molar-refractivity contribution in [3.63, 3.8) is 0 Å². The third-order valence-electron chi connectivity index (χ3n) is 6.77. The summed E-state index contributed by atoms with van der Waals surface area (Å²) in [7, 11) is 0. The van der Waals surface area contributed by atoms with Crippen LogP contribution in [0.25, 0.3) is 27.5 Å². The number of likely N-dealkylation sites (tertiary alicyclic amines) is 1. The van der Waals surface area contributed by atoms with Crippen LogP contribution >= 0.6 is 0 Å². The number of rotatable bonds is 8. The van der Waals surface area contributed by atoms with Crippen molar-refractivity contribution in [3.8, 4) is 5.75 Å². The van der Waals surface area contributed by atoms with E-state index >= 15 is 4.39 Å². The highest BCUT2D eigenvalue weighted by molar-refractivity contribution is 6.09. The van der Waals surface area contributed by atoms with Crippen LogP contribution in [-0.2, 0) is 4.79 Å². The molecule has 0 radical (unpaired) electrons. The molecule has 3 heterocycles. The number of hydrogen-bond acceptors (Lipinski definition) is 4. The van der Waals surface area contributed by atoms with Gasteiger partial charge < -0.3 is 14.1 Å². The summed E-state index contributed by atoms with van der Waals surface area (Å²) in [5.74, 6) is -0.919. The van der Waals surface area contributed by atoms with E-state index in [-0.39, 0.29) is 36.1 Å². The summed E-state index contributed by atoms with van der Waals surface area (Å²) in [5, 5.41) is 1.39. The molecule has 4 aromatic rings. The third-order valence-corrected chi connectivity index (χ3v) is 6.77. The number of alkyl halides is 2. The van der Waals surface area contributed by atoms with Crippen molar-refractivity contribution < 1.29 is 27.1 Å². The second-order valence-electron chi connectivity index (χ2n) is 9.16. The van der Waals surface area contributed by atoms with Crippen molar-refractivity contribution in [1.29, 1.82) is 0 Å². The maximum absolute atomic E-state index is 15.2. The van der Waals surface area contributed by atoms with E-state index in [1.54, 1.807) is 48.5 Å². The Labute approximate surface area is 245 Å². The molecule has 0 N–H and O–H groups in total. The first-order valence-electron chi connectivity index (χ1n) is 14.1. The van der Waals surface area contributed by atoms with Gasteiger partial charge in [-0.15, -0.1) is 0 Å². The summed E-state index contributed by atoms with van der Waals surface area (Å²) in [6.45, 7) is 10.9. The van der Waals surface area contributed by atoms with Crippen LogP contribution < -0.4 is 4.74 Å². The zero-order valence-electron chi connectivity index (χ0n) is 24.7. The van der Waals surface area contributed by atoms with Crippen LogP contribution in [0.4, 0.5) is 13.2 Å². The number of benzene rings is 2. The Morgan fingerprint density at radius 1 is 1.14 bits per heavy atom. The number of halogens is 3. The van der Waals surface area contributed by atoms with E-state index in [1.807, 2.05) is 45.9 Å². The van der Waals surface area contributed by atoms with Crippen molar-refractivity contribution in [2.45, 2.75) is 53.6 Å². The van der Waals surface area contributed by atoms with Gasteiger partial charge in [-0.3, -0.25) is 9.78 Å². The number of carbonyl (C=O) groups excluding carboxylic acids is 1. The predicted molar refractivity (Wildman–Crippen MR) is 163 cm³/mol. The Hall–Kier alpha value is -4.33. The van der Waals surface area contributed by atoms with E-state index < -0.39 is 12.4 Å². The molecule has 1 amide bonds. The van der Waals surface area contributed by atoms with Crippen LogP contribution in [0.1, 0.15) is 58.1 Å². The molecule has 1 fully saturated rings. The average molecular weight is 579 g/mol. The monoisotopic (exact) mass is 578 g/mol. The topological polar surface area (TPSA) is 55.6 Å². The molecule has 2 aromatic heterocycles. The molecule has 0 bridgehead atoms. The maximum atomic E-state index is 15.2. The minimum atomic E-state index is -3.00. The molecule has 5 rings (SSSR count). The highest BCUT2D eigenvalue weighted by Crippen LogP contribution is 2.42. The summed E-state index contributed by atoms with van der Waals surface area (Å²) in [6, 6.07) is 14.0. The highest BCUT2D eigenvalue weighted by atomic mass is 19.3. The number of allylic oxidation sites excluding steroid dienone is 3. The normalized spacial score (nSPS) is 15.6. The number of aromatic nitrogens is 1. The fraction of sp³-hybridized carbons (Fsp3) is 0.294. The van der Waals surface area contributed by atoms with Gasteiger partial charge in [-0.1, -0.05) is 70.7 Å². The van der Waals surface area contributed by atoms with E-state index in [4.69, 9.17) is 9.15 Å². The lowest BCUT2D eigenvalue weighted by molar-refractivity contribution is -0.127. The second kappa shape index (κ2) is 15.1. The standard InChI is InChI=1S/C30H25F3N2O3.2C2H6/c1-3-19(24(31)13-18(2)20-7-6-12-34-15-20)16-35-17-21(14-27(35)36)22-10-11-26(38-30(32)33)29-28(22)23-8-4-5-9-25(23)37-29;2*1-2/h3-13,15,21,30H,1,14,16-17H2,2H3;2*1-2H3/b18-13+,24-19-;;. The maximum Gasteiger partial charge on any atom is 0.387 e. The lowest BCUT2D eigenvalue weighted by Crippen LogP contribution is -2.27. The lowest BCUT2D eigenvalue weighted by Gasteiger charge is -2.18. The number of para-hydroxylation sites is 1. The van der Waals surface area contributed by atoms with E-state index in [0.717, 1.165) is 16.5 Å². The van der Waals surface area contributed by atoms with Crippen molar-refractivity contribution >= 4 is 33.4 Å². The molecule has 8 heteroatoms. The second-order valence-corrected chi connectivity index (χ2v) is 9.16. The van der Waals surface area contributed by atoms with Crippen LogP contribution in [0.15, 0.2) is 95.5 Å². The van der Waals surface area contributed by atoms with E-state index in [0.29, 0.717) is 28.7 Å². The van der Waals surface area contributed by atoms with Crippen LogP contribution in [0.3, 0.4) is 0 Å². The van der Waals surface area contributed by atoms with Gasteiger partial charge in [0.05, 0.1) is 0 Å². The number of amides is 1. The molecule has 42 heavy (non-hydrogen) atoms. The van der Waals surface area contributed by atoms with Gasteiger partial charge in [-0.2, -0.15) is 8.78 Å². The molecule has 0 aliphatic carbocycles. The Morgan fingerprint density at radius 2 is 1.88 bits per heavy atom. The highest BCUT2D eigenvalue weighted by Gasteiger charge is 2.33. The molecular weight excluding hydrogens is 541 g/mol. The quantitative estimate of drug-likeness (QED) is 0.195. The van der Waals surface area contributed by atoms with Crippen LogP contribution in [0, 0.1) is 0 Å². The zero-order valence-corrected chi connectivity index (χ0v) is 24.7. The Morgan fingerprint density at radius 3 is 2.55 bits per heavy atom. The Kier molecular flexibility index (Phi) is 11.5. The van der Waals surface area contributed by atoms with E-state index in [9.17, 15) is 13.6 Å². The molecule has 5 nitrogen and oxygen atoms in total. The molecule has 1 aliphatic rings. The van der Waals surface area contributed by atoms with Gasteiger partial charge in [0.25, 0.3) is 0 Å². The van der Waals surface area contributed by atoms with Gasteiger partial charge >= 0.3 is 6.61 Å². The summed E-state index contributed by atoms with van der Waals surface area (Å²) < 4.78 is 51.8. The van der Waals surface area contributed by atoms with Crippen LogP contribution in [-0.4, -0.2) is 35.5 Å². The van der Waals surface area contributed by atoms with Crippen molar-refractivity contribution in [2.75, 3.05) is 13.1 Å². The number of pyridine rings is 1. The number of fused-ring (bicyclic) bond motifs is 3. The summed E-state index contributed by atoms with van der Waals surface area (Å²) in [5.41, 5.74) is 3.31. The van der Waals surface area contributed by atoms with Crippen molar-refractivity contribution in [3.05, 3.63) is 102 Å². The molecule has 2 aromatic carbocycles. The summed E-state index contributed by atoms with van der Waals surface area (Å²) in [6.07, 6.45) is 6.32. The number of carbonyl (C=O) groups is 1. The Bertz CT molecular complexity index is 1580. The smallest absolute Gasteiger partial charge is 0.387 e. The third kappa shape index (κ3) is 7.11. The zero-order chi connectivity index (χ0) is 30.8. The van der Waals surface area contributed by atoms with Crippen molar-refractivity contribution in [1.82, 2.24) is 9.88 Å². The van der Waals surface area contributed by atoms with Crippen LogP contribution in [0.2, 0.25) is 0 Å². The molecule has 1 unspecified atom stereocenters. The summed E-state index contributed by atoms with van der Waals surface area (Å²) in [4.78, 5) is 18.7. The van der Waals surface area contributed by atoms with Gasteiger partial charge in [0.2, 0.25) is 5.91 Å². The van der Waals surface area contributed by atoms with Gasteiger partial charge in [0.15, 0.2) is 11.3 Å². The van der Waals surface area contributed by atoms with Gasteiger partial charge in [0.1, 0.15) is 11.4 Å². The summed E-state index contributed by atoms with van der Waals surface area (Å²) >= 11 is 0. The van der Waals surface area contributed by atoms with Gasteiger partial charge in [0, 0.05) is 54.2 Å².